The van der Waals surface area contributed by atoms with Crippen LogP contribution in [0.1, 0.15) is 42.9 Å². The highest BCUT2D eigenvalue weighted by molar-refractivity contribution is 5.34. The van der Waals surface area contributed by atoms with Crippen molar-refractivity contribution in [1.29, 1.82) is 0 Å². The standard InChI is InChI=1S/C16H24N2/c1-2-13-5-7-18(8-6-13)12-14-3-4-15-10-17-11-16(15)9-14/h3-4,9,13,17H,2,5-8,10-12H2,1H3. The number of hydrogen-bond donors (Lipinski definition) is 1. The molecule has 3 rings (SSSR count). The lowest BCUT2D eigenvalue weighted by Gasteiger charge is -2.31. The van der Waals surface area contributed by atoms with Crippen molar-refractivity contribution in [2.24, 2.45) is 5.92 Å². The summed E-state index contributed by atoms with van der Waals surface area (Å²) in [4.78, 5) is 2.62. The molecular formula is C16H24N2. The van der Waals surface area contributed by atoms with Gasteiger partial charge in [0.25, 0.3) is 0 Å². The Kier molecular flexibility index (Phi) is 3.67. The summed E-state index contributed by atoms with van der Waals surface area (Å²) in [5.74, 6) is 0.977. The van der Waals surface area contributed by atoms with Gasteiger partial charge in [-0.25, -0.2) is 0 Å². The van der Waals surface area contributed by atoms with Crippen LogP contribution in [0.25, 0.3) is 0 Å². The highest BCUT2D eigenvalue weighted by Gasteiger charge is 2.18. The van der Waals surface area contributed by atoms with Crippen LogP contribution >= 0.6 is 0 Å². The van der Waals surface area contributed by atoms with Gasteiger partial charge < -0.3 is 5.32 Å². The van der Waals surface area contributed by atoms with Crippen LogP contribution in [0.5, 0.6) is 0 Å². The van der Waals surface area contributed by atoms with Crippen LogP contribution in [0.2, 0.25) is 0 Å². The lowest BCUT2D eigenvalue weighted by atomic mass is 9.94. The van der Waals surface area contributed by atoms with Crippen molar-refractivity contribution < 1.29 is 0 Å². The summed E-state index contributed by atoms with van der Waals surface area (Å²) in [6, 6.07) is 7.03. The van der Waals surface area contributed by atoms with Gasteiger partial charge in [-0.05, 0) is 48.5 Å². The van der Waals surface area contributed by atoms with E-state index in [4.69, 9.17) is 0 Å². The molecule has 18 heavy (non-hydrogen) atoms. The van der Waals surface area contributed by atoms with Crippen LogP contribution in [0.15, 0.2) is 18.2 Å². The predicted molar refractivity (Wildman–Crippen MR) is 75.3 cm³/mol. The SMILES string of the molecule is CCC1CCN(Cc2ccc3c(c2)CNC3)CC1. The molecule has 1 aromatic carbocycles. The minimum absolute atomic E-state index is 0.977. The van der Waals surface area contributed by atoms with Crippen LogP contribution in [-0.4, -0.2) is 18.0 Å². The second kappa shape index (κ2) is 5.41. The Bertz CT molecular complexity index is 406. The number of nitrogens with zero attached hydrogens (tertiary/aromatic N) is 1. The van der Waals surface area contributed by atoms with Gasteiger partial charge in [0.05, 0.1) is 0 Å². The fraction of sp³-hybridized carbons (Fsp3) is 0.625. The van der Waals surface area contributed by atoms with E-state index in [2.05, 4.69) is 35.3 Å². The highest BCUT2D eigenvalue weighted by Crippen LogP contribution is 2.23. The molecule has 2 nitrogen and oxygen atoms in total. The van der Waals surface area contributed by atoms with Gasteiger partial charge in [0.15, 0.2) is 0 Å². The summed E-state index contributed by atoms with van der Waals surface area (Å²) >= 11 is 0. The van der Waals surface area contributed by atoms with Crippen molar-refractivity contribution in [3.8, 4) is 0 Å². The summed E-state index contributed by atoms with van der Waals surface area (Å²) in [6.07, 6.45) is 4.14. The number of benzene rings is 1. The van der Waals surface area contributed by atoms with E-state index in [0.29, 0.717) is 0 Å². The monoisotopic (exact) mass is 244 g/mol. The number of fused-ring (bicyclic) bond motifs is 1. The first kappa shape index (κ1) is 12.2. The molecule has 0 amide bonds. The van der Waals surface area contributed by atoms with Crippen LogP contribution in [0.4, 0.5) is 0 Å². The summed E-state index contributed by atoms with van der Waals surface area (Å²) in [7, 11) is 0. The molecule has 1 saturated heterocycles. The minimum atomic E-state index is 0.977. The molecule has 0 radical (unpaired) electrons. The van der Waals surface area contributed by atoms with E-state index >= 15 is 0 Å². The van der Waals surface area contributed by atoms with Crippen LogP contribution < -0.4 is 5.32 Å². The first-order valence-corrected chi connectivity index (χ1v) is 7.39. The van der Waals surface area contributed by atoms with Gasteiger partial charge in [0.1, 0.15) is 0 Å². The largest absolute Gasteiger partial charge is 0.309 e. The Labute approximate surface area is 110 Å². The smallest absolute Gasteiger partial charge is 0.0233 e. The highest BCUT2D eigenvalue weighted by atomic mass is 15.1. The van der Waals surface area contributed by atoms with E-state index in [1.54, 1.807) is 0 Å². The average Bonchev–Trinajstić information content (AvgIpc) is 2.87. The van der Waals surface area contributed by atoms with E-state index < -0.39 is 0 Å². The first-order valence-electron chi connectivity index (χ1n) is 7.39. The van der Waals surface area contributed by atoms with Gasteiger partial charge >= 0.3 is 0 Å². The van der Waals surface area contributed by atoms with Gasteiger partial charge in [-0.15, -0.1) is 0 Å². The lowest BCUT2D eigenvalue weighted by molar-refractivity contribution is 0.175. The lowest BCUT2D eigenvalue weighted by Crippen LogP contribution is -2.33. The molecule has 98 valence electrons. The zero-order valence-electron chi connectivity index (χ0n) is 11.4. The zero-order chi connectivity index (χ0) is 12.4. The van der Waals surface area contributed by atoms with Crippen LogP contribution in [-0.2, 0) is 19.6 Å². The predicted octanol–water partition coefficient (Wildman–Crippen LogP) is 2.91. The fourth-order valence-corrected chi connectivity index (χ4v) is 3.26. The van der Waals surface area contributed by atoms with Gasteiger partial charge in [-0.3, -0.25) is 4.90 Å². The molecule has 0 bridgehead atoms. The molecule has 1 aromatic rings. The molecule has 2 aliphatic rings. The molecular weight excluding hydrogens is 220 g/mol. The van der Waals surface area contributed by atoms with Gasteiger partial charge in [-0.2, -0.15) is 0 Å². The molecule has 0 atom stereocenters. The second-order valence-corrected chi connectivity index (χ2v) is 5.83. The van der Waals surface area contributed by atoms with Crippen molar-refractivity contribution in [3.63, 3.8) is 0 Å². The molecule has 2 heteroatoms. The molecule has 0 unspecified atom stereocenters. The number of piperidine rings is 1. The van der Waals surface area contributed by atoms with Gasteiger partial charge in [0.2, 0.25) is 0 Å². The maximum absolute atomic E-state index is 3.42. The van der Waals surface area contributed by atoms with Crippen molar-refractivity contribution in [2.75, 3.05) is 13.1 Å². The topological polar surface area (TPSA) is 15.3 Å². The summed E-state index contributed by atoms with van der Waals surface area (Å²) in [5.41, 5.74) is 4.49. The molecule has 0 aliphatic carbocycles. The maximum Gasteiger partial charge on any atom is 0.0233 e. The Morgan fingerprint density at radius 1 is 1.17 bits per heavy atom. The van der Waals surface area contributed by atoms with E-state index in [0.717, 1.165) is 25.6 Å². The molecule has 1 N–H and O–H groups in total. The Morgan fingerprint density at radius 2 is 1.94 bits per heavy atom. The molecule has 0 saturated carbocycles. The van der Waals surface area contributed by atoms with Gasteiger partial charge in [-0.1, -0.05) is 31.5 Å². The molecule has 2 aliphatic heterocycles. The third kappa shape index (κ3) is 2.60. The van der Waals surface area contributed by atoms with E-state index in [9.17, 15) is 0 Å². The van der Waals surface area contributed by atoms with E-state index in [1.807, 2.05) is 0 Å². The number of hydrogen-bond acceptors (Lipinski definition) is 2. The minimum Gasteiger partial charge on any atom is -0.309 e. The van der Waals surface area contributed by atoms with Crippen molar-refractivity contribution >= 4 is 0 Å². The molecule has 0 aromatic heterocycles. The van der Waals surface area contributed by atoms with Gasteiger partial charge in [0, 0.05) is 19.6 Å². The Hall–Kier alpha value is -0.860. The first-order chi connectivity index (χ1) is 8.85. The number of likely N-dealkylation sites (tertiary alicyclic amines) is 1. The van der Waals surface area contributed by atoms with Crippen LogP contribution in [0, 0.1) is 5.92 Å². The number of rotatable bonds is 3. The Morgan fingerprint density at radius 3 is 2.72 bits per heavy atom. The van der Waals surface area contributed by atoms with Crippen molar-refractivity contribution in [3.05, 3.63) is 34.9 Å². The van der Waals surface area contributed by atoms with E-state index in [-0.39, 0.29) is 0 Å². The molecule has 2 heterocycles. The molecule has 1 fully saturated rings. The summed E-state index contributed by atoms with van der Waals surface area (Å²) < 4.78 is 0. The maximum atomic E-state index is 3.42. The van der Waals surface area contributed by atoms with E-state index in [1.165, 1.54) is 49.0 Å². The van der Waals surface area contributed by atoms with Crippen molar-refractivity contribution in [1.82, 2.24) is 10.2 Å². The van der Waals surface area contributed by atoms with Crippen molar-refractivity contribution in [2.45, 2.75) is 45.8 Å². The third-order valence-corrected chi connectivity index (χ3v) is 4.59. The average molecular weight is 244 g/mol. The summed E-state index contributed by atoms with van der Waals surface area (Å²) in [6.45, 7) is 8.15. The summed E-state index contributed by atoms with van der Waals surface area (Å²) in [5, 5.41) is 3.42. The second-order valence-electron chi connectivity index (χ2n) is 5.83. The van der Waals surface area contributed by atoms with Crippen LogP contribution in [0.3, 0.4) is 0 Å². The number of nitrogens with one attached hydrogen (secondary N) is 1. The zero-order valence-corrected chi connectivity index (χ0v) is 11.4. The normalized spacial score (nSPS) is 21.2. The molecule has 0 spiro atoms. The fourth-order valence-electron chi connectivity index (χ4n) is 3.26. The Balaban J connectivity index is 1.60. The third-order valence-electron chi connectivity index (χ3n) is 4.59. The quantitative estimate of drug-likeness (QED) is 0.879.